The molecule has 1 aliphatic heterocycles. The first-order valence-electron chi connectivity index (χ1n) is 10.0. The topological polar surface area (TPSA) is 105 Å². The monoisotopic (exact) mass is 434 g/mol. The minimum Gasteiger partial charge on any atom is -0.378 e. The number of benzene rings is 1. The van der Waals surface area contributed by atoms with Gasteiger partial charge in [-0.05, 0) is 30.3 Å². The minimum absolute atomic E-state index is 0.140. The zero-order chi connectivity index (χ0) is 21.9. The van der Waals surface area contributed by atoms with E-state index in [1.807, 2.05) is 11.0 Å². The predicted molar refractivity (Wildman–Crippen MR) is 116 cm³/mol. The maximum atomic E-state index is 14.3. The number of anilines is 2. The standard InChI is InChI=1S/C22H19FN6O3/c23-14-10-17(16-3-5-25-18(16)11-14)19-12-20(29-6-8-31-9-7-29)28-21(27-19)32-22(30)26-15-2-1-4-24-13-15/h1-5,10-13,25H,6-9H2,(H,26,30). The number of nitrogens with one attached hydrogen (secondary N) is 2. The number of rotatable bonds is 4. The van der Waals surface area contributed by atoms with Gasteiger partial charge in [-0.15, -0.1) is 0 Å². The highest BCUT2D eigenvalue weighted by Crippen LogP contribution is 2.31. The Morgan fingerprint density at radius 2 is 2.06 bits per heavy atom. The normalized spacial score (nSPS) is 13.8. The summed E-state index contributed by atoms with van der Waals surface area (Å²) in [5.41, 5.74) is 2.12. The molecule has 162 valence electrons. The van der Waals surface area contributed by atoms with Crippen molar-refractivity contribution >= 4 is 28.5 Å². The molecule has 4 heterocycles. The van der Waals surface area contributed by atoms with Crippen molar-refractivity contribution in [3.8, 4) is 17.3 Å². The van der Waals surface area contributed by atoms with Crippen LogP contribution in [0.2, 0.25) is 0 Å². The molecule has 32 heavy (non-hydrogen) atoms. The molecule has 0 unspecified atom stereocenters. The second-order valence-electron chi connectivity index (χ2n) is 7.14. The van der Waals surface area contributed by atoms with Crippen LogP contribution in [-0.2, 0) is 4.74 Å². The zero-order valence-electron chi connectivity index (χ0n) is 16.9. The first-order chi connectivity index (χ1) is 15.7. The van der Waals surface area contributed by atoms with Crippen molar-refractivity contribution in [1.29, 1.82) is 0 Å². The number of amides is 1. The number of aromatic nitrogens is 4. The van der Waals surface area contributed by atoms with Gasteiger partial charge in [0.2, 0.25) is 0 Å². The Balaban J connectivity index is 1.52. The number of halogens is 1. The number of hydrogen-bond acceptors (Lipinski definition) is 7. The summed E-state index contributed by atoms with van der Waals surface area (Å²) in [4.78, 5) is 30.2. The molecule has 5 rings (SSSR count). The van der Waals surface area contributed by atoms with Crippen molar-refractivity contribution in [1.82, 2.24) is 19.9 Å². The van der Waals surface area contributed by atoms with Gasteiger partial charge in [0.25, 0.3) is 0 Å². The highest BCUT2D eigenvalue weighted by atomic mass is 19.1. The Bertz CT molecular complexity index is 1260. The fraction of sp³-hybridized carbons (Fsp3) is 0.182. The van der Waals surface area contributed by atoms with Crippen molar-refractivity contribution in [3.05, 3.63) is 60.8 Å². The molecule has 1 saturated heterocycles. The number of nitrogens with zero attached hydrogens (tertiary/aromatic N) is 4. The van der Waals surface area contributed by atoms with E-state index in [-0.39, 0.29) is 6.01 Å². The Hall–Kier alpha value is -4.05. The summed E-state index contributed by atoms with van der Waals surface area (Å²) in [6.07, 6.45) is 4.07. The zero-order valence-corrected chi connectivity index (χ0v) is 16.9. The Labute approximate surface area is 182 Å². The third-order valence-corrected chi connectivity index (χ3v) is 5.03. The third kappa shape index (κ3) is 4.21. The Kier molecular flexibility index (Phi) is 5.34. The lowest BCUT2D eigenvalue weighted by atomic mass is 10.1. The van der Waals surface area contributed by atoms with Crippen LogP contribution < -0.4 is 15.0 Å². The van der Waals surface area contributed by atoms with Crippen LogP contribution in [0.5, 0.6) is 6.01 Å². The number of carbonyl (C=O) groups excluding carboxylic acids is 1. The molecule has 4 aromatic rings. The molecule has 2 N–H and O–H groups in total. The molecule has 9 nitrogen and oxygen atoms in total. The lowest BCUT2D eigenvalue weighted by Crippen LogP contribution is -2.37. The van der Waals surface area contributed by atoms with E-state index in [2.05, 4.69) is 25.3 Å². The van der Waals surface area contributed by atoms with E-state index in [1.165, 1.54) is 18.3 Å². The smallest absolute Gasteiger partial charge is 0.378 e. The molecule has 0 radical (unpaired) electrons. The molecule has 1 aromatic carbocycles. The summed E-state index contributed by atoms with van der Waals surface area (Å²) >= 11 is 0. The molecular formula is C22H19FN6O3. The van der Waals surface area contributed by atoms with Gasteiger partial charge >= 0.3 is 12.1 Å². The van der Waals surface area contributed by atoms with Crippen LogP contribution in [0.4, 0.5) is 20.7 Å². The van der Waals surface area contributed by atoms with Crippen molar-refractivity contribution in [3.63, 3.8) is 0 Å². The Morgan fingerprint density at radius 1 is 1.19 bits per heavy atom. The maximum Gasteiger partial charge on any atom is 0.419 e. The van der Waals surface area contributed by atoms with Crippen LogP contribution in [0.15, 0.2) is 55.0 Å². The summed E-state index contributed by atoms with van der Waals surface area (Å²) in [6.45, 7) is 2.36. The summed E-state index contributed by atoms with van der Waals surface area (Å²) in [7, 11) is 0. The molecule has 3 aromatic heterocycles. The first-order valence-corrected chi connectivity index (χ1v) is 10.0. The van der Waals surface area contributed by atoms with Gasteiger partial charge in [-0.2, -0.15) is 9.97 Å². The number of carbonyl (C=O) groups is 1. The summed E-state index contributed by atoms with van der Waals surface area (Å²) in [5, 5.41) is 3.38. The molecule has 0 atom stereocenters. The predicted octanol–water partition coefficient (Wildman–Crippen LogP) is 3.61. The number of aromatic amines is 1. The number of pyridine rings is 1. The van der Waals surface area contributed by atoms with Crippen molar-refractivity contribution in [2.45, 2.75) is 0 Å². The molecule has 0 saturated carbocycles. The molecule has 0 aliphatic carbocycles. The number of H-pyrrole nitrogens is 1. The van der Waals surface area contributed by atoms with E-state index >= 15 is 0 Å². The molecule has 1 amide bonds. The van der Waals surface area contributed by atoms with Gasteiger partial charge in [-0.3, -0.25) is 10.3 Å². The van der Waals surface area contributed by atoms with Crippen molar-refractivity contribution in [2.24, 2.45) is 0 Å². The average molecular weight is 434 g/mol. The van der Waals surface area contributed by atoms with Crippen LogP contribution in [0, 0.1) is 5.82 Å². The van der Waals surface area contributed by atoms with Gasteiger partial charge in [0.15, 0.2) is 0 Å². The van der Waals surface area contributed by atoms with Crippen LogP contribution in [0.25, 0.3) is 22.2 Å². The summed E-state index contributed by atoms with van der Waals surface area (Å²) in [5.74, 6) is 0.161. The SMILES string of the molecule is O=C(Nc1cccnc1)Oc1nc(-c2cc(F)cc3[nH]ccc23)cc(N2CCOCC2)n1. The van der Waals surface area contributed by atoms with Crippen molar-refractivity contribution in [2.75, 3.05) is 36.5 Å². The van der Waals surface area contributed by atoms with Gasteiger partial charge in [0.1, 0.15) is 11.6 Å². The fourth-order valence-corrected chi connectivity index (χ4v) is 3.56. The fourth-order valence-electron chi connectivity index (χ4n) is 3.56. The van der Waals surface area contributed by atoms with Gasteiger partial charge in [0.05, 0.1) is 30.8 Å². The molecular weight excluding hydrogens is 415 g/mol. The Morgan fingerprint density at radius 3 is 2.88 bits per heavy atom. The largest absolute Gasteiger partial charge is 0.419 e. The van der Waals surface area contributed by atoms with Crippen molar-refractivity contribution < 1.29 is 18.7 Å². The molecule has 1 aliphatic rings. The van der Waals surface area contributed by atoms with Crippen LogP contribution in [0.3, 0.4) is 0 Å². The number of ether oxygens (including phenoxy) is 2. The van der Waals surface area contributed by atoms with Gasteiger partial charge in [0, 0.05) is 48.0 Å². The second kappa shape index (κ2) is 8.60. The number of hydrogen-bond donors (Lipinski definition) is 2. The summed E-state index contributed by atoms with van der Waals surface area (Å²) in [6, 6.07) is 9.66. The number of morpholine rings is 1. The lowest BCUT2D eigenvalue weighted by molar-refractivity contribution is 0.122. The van der Waals surface area contributed by atoms with E-state index in [4.69, 9.17) is 9.47 Å². The van der Waals surface area contributed by atoms with Crippen LogP contribution in [0.1, 0.15) is 0 Å². The highest BCUT2D eigenvalue weighted by molar-refractivity contribution is 5.94. The van der Waals surface area contributed by atoms with Crippen LogP contribution >= 0.6 is 0 Å². The van der Waals surface area contributed by atoms with E-state index in [0.29, 0.717) is 54.6 Å². The van der Waals surface area contributed by atoms with E-state index in [1.54, 1.807) is 30.6 Å². The number of fused-ring (bicyclic) bond motifs is 1. The molecule has 0 bridgehead atoms. The first kappa shape index (κ1) is 19.9. The highest BCUT2D eigenvalue weighted by Gasteiger charge is 2.19. The third-order valence-electron chi connectivity index (χ3n) is 5.03. The summed E-state index contributed by atoms with van der Waals surface area (Å²) < 4.78 is 25.1. The van der Waals surface area contributed by atoms with E-state index in [0.717, 1.165) is 5.39 Å². The molecule has 1 fully saturated rings. The van der Waals surface area contributed by atoms with Crippen LogP contribution in [-0.4, -0.2) is 52.3 Å². The minimum atomic E-state index is -0.755. The van der Waals surface area contributed by atoms with E-state index < -0.39 is 11.9 Å². The molecule has 0 spiro atoms. The van der Waals surface area contributed by atoms with Gasteiger partial charge < -0.3 is 19.4 Å². The van der Waals surface area contributed by atoms with Gasteiger partial charge in [-0.25, -0.2) is 9.18 Å². The maximum absolute atomic E-state index is 14.3. The second-order valence-corrected chi connectivity index (χ2v) is 7.14. The quantitative estimate of drug-likeness (QED) is 0.506. The lowest BCUT2D eigenvalue weighted by Gasteiger charge is -2.28. The average Bonchev–Trinajstić information content (AvgIpc) is 3.28. The molecule has 10 heteroatoms. The van der Waals surface area contributed by atoms with E-state index in [9.17, 15) is 9.18 Å². The van der Waals surface area contributed by atoms with Gasteiger partial charge in [-0.1, -0.05) is 0 Å².